The molecule has 1 amide bonds. The first-order valence-electron chi connectivity index (χ1n) is 14.1. The molecule has 1 aliphatic heterocycles. The molecule has 0 bridgehead atoms. The molecule has 2 atom stereocenters. The number of sulfonamides is 1. The number of rotatable bonds is 7. The fraction of sp³-hybridized carbons (Fsp3) is 0.516. The third kappa shape index (κ3) is 7.20. The van der Waals surface area contributed by atoms with E-state index in [-0.39, 0.29) is 28.8 Å². The Morgan fingerprint density at radius 3 is 2.27 bits per heavy atom. The molecule has 248 valence electrons. The maximum absolute atomic E-state index is 14.1. The van der Waals surface area contributed by atoms with Gasteiger partial charge in [0.25, 0.3) is 0 Å². The van der Waals surface area contributed by atoms with Gasteiger partial charge in [0.1, 0.15) is 11.9 Å². The number of halogens is 6. The molecule has 4 rings (SSSR count). The van der Waals surface area contributed by atoms with E-state index in [1.54, 1.807) is 6.92 Å². The molecule has 0 aromatic heterocycles. The number of carbonyl (C=O) groups is 1. The lowest BCUT2D eigenvalue weighted by Crippen LogP contribution is -2.35. The molecule has 2 aromatic rings. The summed E-state index contributed by atoms with van der Waals surface area (Å²) < 4.78 is 119. The largest absolute Gasteiger partial charge is 0.496 e. The molecule has 14 heteroatoms. The van der Waals surface area contributed by atoms with Gasteiger partial charge >= 0.3 is 18.4 Å². The van der Waals surface area contributed by atoms with Crippen molar-refractivity contribution >= 4 is 27.4 Å². The van der Waals surface area contributed by atoms with E-state index in [4.69, 9.17) is 9.47 Å². The number of alkyl halides is 6. The van der Waals surface area contributed by atoms with Crippen LogP contribution in [-0.4, -0.2) is 52.4 Å². The molecule has 0 saturated carbocycles. The molecule has 1 saturated heterocycles. The maximum atomic E-state index is 14.1. The monoisotopic (exact) mass is 662 g/mol. The zero-order chi connectivity index (χ0) is 33.9. The molecule has 1 fully saturated rings. The van der Waals surface area contributed by atoms with Crippen LogP contribution in [0.3, 0.4) is 0 Å². The summed E-state index contributed by atoms with van der Waals surface area (Å²) in [7, 11) is -1.83. The number of cyclic esters (lactones) is 1. The van der Waals surface area contributed by atoms with Crippen LogP contribution in [0.25, 0.3) is 5.57 Å². The van der Waals surface area contributed by atoms with E-state index in [1.807, 2.05) is 13.8 Å². The fourth-order valence-electron chi connectivity index (χ4n) is 6.03. The summed E-state index contributed by atoms with van der Waals surface area (Å²) in [5.41, 5.74) is -0.782. The van der Waals surface area contributed by atoms with Crippen molar-refractivity contribution in [1.29, 1.82) is 0 Å². The highest BCUT2D eigenvalue weighted by atomic mass is 32.2. The lowest BCUT2D eigenvalue weighted by atomic mass is 9.72. The van der Waals surface area contributed by atoms with Crippen molar-refractivity contribution in [2.45, 2.75) is 71.5 Å². The van der Waals surface area contributed by atoms with E-state index in [1.165, 1.54) is 25.0 Å². The standard InChI is InChI=1S/C31H36F6N2O5S/c1-17-10-19(12-21(11-17)30(32,33)34)27-18(2)39(28(40)44-27)16-20-15-29(3,4)9-8-22(20)23-13-25(38(5)45(7,41)42)24(31(35,36)37)14-26(23)43-6/h10-14,18,27H,8-9,15-16H2,1-7H3/t18-,27-/m0/s1. The summed E-state index contributed by atoms with van der Waals surface area (Å²) in [5.74, 6) is -0.116. The number of carbonyl (C=O) groups excluding carboxylic acids is 1. The van der Waals surface area contributed by atoms with Gasteiger partial charge in [-0.1, -0.05) is 25.5 Å². The van der Waals surface area contributed by atoms with Crippen LogP contribution in [-0.2, 0) is 27.1 Å². The smallest absolute Gasteiger partial charge is 0.418 e. The second-order valence-corrected chi connectivity index (χ2v) is 14.5. The highest BCUT2D eigenvalue weighted by Gasteiger charge is 2.43. The zero-order valence-electron chi connectivity index (χ0n) is 26.0. The number of amides is 1. The van der Waals surface area contributed by atoms with Gasteiger partial charge in [-0.25, -0.2) is 13.2 Å². The van der Waals surface area contributed by atoms with Crippen LogP contribution < -0.4 is 9.04 Å². The van der Waals surface area contributed by atoms with Crippen LogP contribution in [0.2, 0.25) is 0 Å². The van der Waals surface area contributed by atoms with Crippen molar-refractivity contribution in [1.82, 2.24) is 4.90 Å². The summed E-state index contributed by atoms with van der Waals surface area (Å²) >= 11 is 0. The number of hydrogen-bond donors (Lipinski definition) is 0. The minimum atomic E-state index is -4.89. The predicted molar refractivity (Wildman–Crippen MR) is 157 cm³/mol. The van der Waals surface area contributed by atoms with Crippen LogP contribution >= 0.6 is 0 Å². The van der Waals surface area contributed by atoms with Gasteiger partial charge < -0.3 is 9.47 Å². The lowest BCUT2D eigenvalue weighted by Gasteiger charge is -2.36. The van der Waals surface area contributed by atoms with Crippen molar-refractivity contribution in [2.75, 3.05) is 31.3 Å². The minimum Gasteiger partial charge on any atom is -0.496 e. The summed E-state index contributed by atoms with van der Waals surface area (Å²) in [5, 5.41) is 0. The van der Waals surface area contributed by atoms with E-state index in [0.717, 1.165) is 37.6 Å². The van der Waals surface area contributed by atoms with Crippen molar-refractivity contribution in [2.24, 2.45) is 5.41 Å². The van der Waals surface area contributed by atoms with Gasteiger partial charge in [-0.2, -0.15) is 26.3 Å². The molecule has 2 aromatic carbocycles. The lowest BCUT2D eigenvalue weighted by molar-refractivity contribution is -0.138. The van der Waals surface area contributed by atoms with Crippen LogP contribution in [0.5, 0.6) is 5.75 Å². The average molecular weight is 663 g/mol. The highest BCUT2D eigenvalue weighted by molar-refractivity contribution is 7.92. The van der Waals surface area contributed by atoms with Crippen LogP contribution in [0.15, 0.2) is 35.9 Å². The molecular weight excluding hydrogens is 626 g/mol. The molecule has 45 heavy (non-hydrogen) atoms. The number of allylic oxidation sites excluding steroid dienone is 1. The van der Waals surface area contributed by atoms with Gasteiger partial charge in [0.15, 0.2) is 0 Å². The van der Waals surface area contributed by atoms with E-state index in [9.17, 15) is 39.6 Å². The van der Waals surface area contributed by atoms with Gasteiger partial charge in [0, 0.05) is 19.2 Å². The first-order chi connectivity index (χ1) is 20.5. The number of benzene rings is 2. The Hall–Kier alpha value is -3.42. The summed E-state index contributed by atoms with van der Waals surface area (Å²) in [6, 6.07) is 4.75. The first kappa shape index (κ1) is 34.5. The molecule has 1 heterocycles. The van der Waals surface area contributed by atoms with Crippen LogP contribution in [0, 0.1) is 12.3 Å². The second-order valence-electron chi connectivity index (χ2n) is 12.5. The van der Waals surface area contributed by atoms with E-state index >= 15 is 0 Å². The van der Waals surface area contributed by atoms with Gasteiger partial charge in [-0.3, -0.25) is 9.21 Å². The van der Waals surface area contributed by atoms with Gasteiger partial charge in [-0.05, 0) is 79.5 Å². The third-order valence-electron chi connectivity index (χ3n) is 8.46. The number of ether oxygens (including phenoxy) is 2. The molecule has 7 nitrogen and oxygen atoms in total. The summed E-state index contributed by atoms with van der Waals surface area (Å²) in [6.07, 6.45) is -8.95. The third-order valence-corrected chi connectivity index (χ3v) is 9.66. The maximum Gasteiger partial charge on any atom is 0.418 e. The molecule has 0 spiro atoms. The molecule has 1 aliphatic carbocycles. The Morgan fingerprint density at radius 2 is 1.71 bits per heavy atom. The van der Waals surface area contributed by atoms with Gasteiger partial charge in [0.2, 0.25) is 10.0 Å². The number of hydrogen-bond acceptors (Lipinski definition) is 5. The SMILES string of the molecule is COc1cc(C(F)(F)F)c(N(C)S(C)(=O)=O)cc1C1=C(CN2C(=O)O[C@H](c3cc(C)cc(C(F)(F)F)c3)[C@@H]2C)CC(C)(C)CC1. The van der Waals surface area contributed by atoms with Crippen molar-refractivity contribution < 1.29 is 49.0 Å². The average Bonchev–Trinajstić information content (AvgIpc) is 3.18. The summed E-state index contributed by atoms with van der Waals surface area (Å²) in [4.78, 5) is 14.6. The number of methoxy groups -OCH3 is 1. The molecule has 0 unspecified atom stereocenters. The van der Waals surface area contributed by atoms with Gasteiger partial charge in [0.05, 0.1) is 36.2 Å². The van der Waals surface area contributed by atoms with Crippen molar-refractivity contribution in [3.05, 3.63) is 63.7 Å². The van der Waals surface area contributed by atoms with Crippen molar-refractivity contribution in [3.8, 4) is 5.75 Å². The van der Waals surface area contributed by atoms with Crippen LogP contribution in [0.1, 0.15) is 74.0 Å². The van der Waals surface area contributed by atoms with Crippen LogP contribution in [0.4, 0.5) is 36.8 Å². The van der Waals surface area contributed by atoms with Gasteiger partial charge in [-0.15, -0.1) is 0 Å². The highest BCUT2D eigenvalue weighted by Crippen LogP contribution is 2.49. The Morgan fingerprint density at radius 1 is 1.07 bits per heavy atom. The number of anilines is 1. The molecular formula is C31H36F6N2O5S. The first-order valence-corrected chi connectivity index (χ1v) is 16.0. The zero-order valence-corrected chi connectivity index (χ0v) is 26.8. The quantitative estimate of drug-likeness (QED) is 0.281. The number of nitrogens with zero attached hydrogens (tertiary/aromatic N) is 2. The Balaban J connectivity index is 1.83. The van der Waals surface area contributed by atoms with E-state index in [2.05, 4.69) is 0 Å². The molecule has 0 N–H and O–H groups in total. The second kappa shape index (κ2) is 11.7. The molecule has 2 aliphatic rings. The molecule has 0 radical (unpaired) electrons. The predicted octanol–water partition coefficient (Wildman–Crippen LogP) is 7.98. The normalized spacial score (nSPS) is 20.8. The minimum absolute atomic E-state index is 0.00532. The fourth-order valence-corrected chi connectivity index (χ4v) is 6.54. The number of aryl methyl sites for hydroxylation is 1. The Bertz CT molecular complexity index is 1630. The van der Waals surface area contributed by atoms with E-state index < -0.39 is 57.4 Å². The summed E-state index contributed by atoms with van der Waals surface area (Å²) in [6.45, 7) is 7.20. The topological polar surface area (TPSA) is 76.2 Å². The Kier molecular flexibility index (Phi) is 8.99. The van der Waals surface area contributed by atoms with Crippen molar-refractivity contribution in [3.63, 3.8) is 0 Å². The van der Waals surface area contributed by atoms with E-state index in [0.29, 0.717) is 40.3 Å². The Labute approximate surface area is 258 Å².